The minimum Gasteiger partial charge on any atom is -0.496 e. The van der Waals surface area contributed by atoms with E-state index in [0.29, 0.717) is 17.0 Å². The van der Waals surface area contributed by atoms with Crippen LogP contribution in [0.1, 0.15) is 27.9 Å². The molecule has 1 amide bonds. The van der Waals surface area contributed by atoms with Gasteiger partial charge in [0.25, 0.3) is 11.5 Å². The first-order chi connectivity index (χ1) is 15.8. The maximum atomic E-state index is 12.4. The highest BCUT2D eigenvalue weighted by atomic mass is 79.9. The van der Waals surface area contributed by atoms with Gasteiger partial charge in [0.05, 0.1) is 7.11 Å². The highest BCUT2D eigenvalue weighted by molar-refractivity contribution is 9.10. The molecule has 3 rings (SSSR count). The summed E-state index contributed by atoms with van der Waals surface area (Å²) in [6.45, 7) is 3.65. The number of carbonyl (C=O) groups is 1. The topological polar surface area (TPSA) is 93.4 Å². The van der Waals surface area contributed by atoms with Crippen LogP contribution in [0.4, 0.5) is 0 Å². The summed E-state index contributed by atoms with van der Waals surface area (Å²) in [6.07, 6.45) is 2.94. The predicted molar refractivity (Wildman–Crippen MR) is 130 cm³/mol. The first kappa shape index (κ1) is 23.8. The zero-order valence-electron chi connectivity index (χ0n) is 18.4. The molecule has 0 spiro atoms. The predicted octanol–water partition coefficient (Wildman–Crippen LogP) is 4.47. The number of rotatable bonds is 7. The number of aromatic nitrogens is 1. The van der Waals surface area contributed by atoms with E-state index in [-0.39, 0.29) is 12.2 Å². The molecule has 0 bridgehead atoms. The first-order valence-corrected chi connectivity index (χ1v) is 10.8. The summed E-state index contributed by atoms with van der Waals surface area (Å²) in [5.74, 6) is 0.882. The molecule has 0 aliphatic rings. The summed E-state index contributed by atoms with van der Waals surface area (Å²) >= 11 is 3.39. The number of methoxy groups -OCH3 is 1. The van der Waals surface area contributed by atoms with Crippen molar-refractivity contribution in [1.29, 1.82) is 5.26 Å². The summed E-state index contributed by atoms with van der Waals surface area (Å²) < 4.78 is 13.3. The van der Waals surface area contributed by atoms with Gasteiger partial charge in [-0.05, 0) is 73.5 Å². The normalized spacial score (nSPS) is 10.6. The number of nitrogens with one attached hydrogen (secondary N) is 1. The zero-order valence-corrected chi connectivity index (χ0v) is 20.0. The van der Waals surface area contributed by atoms with E-state index in [4.69, 9.17) is 9.47 Å². The first-order valence-electron chi connectivity index (χ1n) is 10.00. The minimum absolute atomic E-state index is 0.00421. The van der Waals surface area contributed by atoms with Crippen LogP contribution in [0.25, 0.3) is 6.08 Å². The van der Waals surface area contributed by atoms with Gasteiger partial charge in [0.1, 0.15) is 29.7 Å². The number of nitrogens with zero attached hydrogens (tertiary/aromatic N) is 2. The van der Waals surface area contributed by atoms with E-state index < -0.39 is 11.5 Å². The molecular weight excluding hydrogens is 486 g/mol. The van der Waals surface area contributed by atoms with Gasteiger partial charge < -0.3 is 9.47 Å². The van der Waals surface area contributed by atoms with Crippen molar-refractivity contribution in [2.75, 3.05) is 12.5 Å². The average molecular weight is 508 g/mol. The Labute approximate surface area is 200 Å². The molecule has 8 heteroatoms. The number of nitriles is 1. The van der Waals surface area contributed by atoms with Gasteiger partial charge >= 0.3 is 0 Å². The van der Waals surface area contributed by atoms with Crippen LogP contribution in [0, 0.1) is 25.2 Å². The molecule has 1 N–H and O–H groups in total. The molecule has 0 fully saturated rings. The third-order valence-corrected chi connectivity index (χ3v) is 5.39. The highest BCUT2D eigenvalue weighted by Crippen LogP contribution is 2.23. The molecule has 33 heavy (non-hydrogen) atoms. The van der Waals surface area contributed by atoms with Crippen LogP contribution in [-0.4, -0.2) is 17.7 Å². The molecule has 7 nitrogen and oxygen atoms in total. The summed E-state index contributed by atoms with van der Waals surface area (Å²) in [5.41, 5.74) is 4.61. The lowest BCUT2D eigenvalue weighted by Gasteiger charge is -2.12. The Hall–Kier alpha value is -3.83. The van der Waals surface area contributed by atoms with Gasteiger partial charge in [-0.2, -0.15) is 5.26 Å². The number of aryl methyl sites for hydroxylation is 2. The SMILES string of the molecule is COc1ccc(C=CC(=O)Nn2c(C)cc(C)c(C#N)c2=O)cc1COc1ccc(Br)cc1. The van der Waals surface area contributed by atoms with Gasteiger partial charge in [0, 0.05) is 21.8 Å². The van der Waals surface area contributed by atoms with Crippen molar-refractivity contribution in [3.05, 3.63) is 97.4 Å². The van der Waals surface area contributed by atoms with Crippen LogP contribution < -0.4 is 20.5 Å². The second kappa shape index (κ2) is 10.7. The van der Waals surface area contributed by atoms with E-state index >= 15 is 0 Å². The largest absolute Gasteiger partial charge is 0.496 e. The van der Waals surface area contributed by atoms with Crippen molar-refractivity contribution in [2.45, 2.75) is 20.5 Å². The van der Waals surface area contributed by atoms with Crippen LogP contribution >= 0.6 is 15.9 Å². The van der Waals surface area contributed by atoms with Crippen LogP contribution in [0.5, 0.6) is 11.5 Å². The van der Waals surface area contributed by atoms with Crippen LogP contribution in [0.2, 0.25) is 0 Å². The number of hydrogen-bond acceptors (Lipinski definition) is 5. The molecule has 3 aromatic rings. The zero-order chi connectivity index (χ0) is 24.0. The maximum absolute atomic E-state index is 12.4. The minimum atomic E-state index is -0.562. The molecule has 2 aromatic carbocycles. The number of carbonyl (C=O) groups excluding carboxylic acids is 1. The average Bonchev–Trinajstić information content (AvgIpc) is 2.80. The quantitative estimate of drug-likeness (QED) is 0.476. The Balaban J connectivity index is 1.75. The number of halogens is 1. The summed E-state index contributed by atoms with van der Waals surface area (Å²) in [4.78, 5) is 24.9. The van der Waals surface area contributed by atoms with Crippen molar-refractivity contribution in [2.24, 2.45) is 0 Å². The van der Waals surface area contributed by atoms with Gasteiger partial charge in [-0.3, -0.25) is 15.0 Å². The molecule has 1 heterocycles. The molecule has 0 radical (unpaired) electrons. The highest BCUT2D eigenvalue weighted by Gasteiger charge is 2.11. The molecule has 0 saturated carbocycles. The second-order valence-electron chi connectivity index (χ2n) is 7.22. The third-order valence-electron chi connectivity index (χ3n) is 4.86. The van der Waals surface area contributed by atoms with Crippen LogP contribution in [0.3, 0.4) is 0 Å². The Morgan fingerprint density at radius 3 is 2.58 bits per heavy atom. The van der Waals surface area contributed by atoms with Crippen molar-refractivity contribution >= 4 is 27.9 Å². The van der Waals surface area contributed by atoms with Crippen molar-refractivity contribution in [3.8, 4) is 17.6 Å². The molecule has 0 aliphatic heterocycles. The van der Waals surface area contributed by atoms with E-state index in [1.54, 1.807) is 39.2 Å². The van der Waals surface area contributed by atoms with Gasteiger partial charge in [-0.25, -0.2) is 4.68 Å². The molecule has 168 valence electrons. The fourth-order valence-corrected chi connectivity index (χ4v) is 3.46. The van der Waals surface area contributed by atoms with Crippen molar-refractivity contribution < 1.29 is 14.3 Å². The number of ether oxygens (including phenoxy) is 2. The summed E-state index contributed by atoms with van der Waals surface area (Å²) in [5, 5.41) is 9.19. The van der Waals surface area contributed by atoms with Gasteiger partial charge in [0.15, 0.2) is 0 Å². The van der Waals surface area contributed by atoms with Crippen molar-refractivity contribution in [3.63, 3.8) is 0 Å². The summed E-state index contributed by atoms with van der Waals surface area (Å²) in [6, 6.07) is 16.5. The fraction of sp³-hybridized carbons (Fsp3) is 0.160. The smallest absolute Gasteiger partial charge is 0.287 e. The Bertz CT molecular complexity index is 1300. The van der Waals surface area contributed by atoms with Crippen LogP contribution in [0.15, 0.2) is 63.9 Å². The lowest BCUT2D eigenvalue weighted by atomic mass is 10.1. The van der Waals surface area contributed by atoms with E-state index in [1.807, 2.05) is 42.5 Å². The van der Waals surface area contributed by atoms with Gasteiger partial charge in [-0.15, -0.1) is 0 Å². The Morgan fingerprint density at radius 1 is 1.18 bits per heavy atom. The van der Waals surface area contributed by atoms with Crippen LogP contribution in [-0.2, 0) is 11.4 Å². The van der Waals surface area contributed by atoms with Crippen molar-refractivity contribution in [1.82, 2.24) is 4.68 Å². The number of amides is 1. The standard InChI is InChI=1S/C25H22BrN3O4/c1-16-12-17(2)29(25(31)22(16)14-27)28-24(30)11-5-18-4-10-23(32-3)19(13-18)15-33-21-8-6-20(26)7-9-21/h4-13H,15H2,1-3H3,(H,28,30). The monoisotopic (exact) mass is 507 g/mol. The fourth-order valence-electron chi connectivity index (χ4n) is 3.19. The molecule has 0 saturated heterocycles. The molecule has 0 atom stereocenters. The lowest BCUT2D eigenvalue weighted by molar-refractivity contribution is -0.112. The number of pyridine rings is 1. The number of benzene rings is 2. The maximum Gasteiger partial charge on any atom is 0.287 e. The third kappa shape index (κ3) is 5.90. The number of hydrogen-bond donors (Lipinski definition) is 1. The molecule has 0 aliphatic carbocycles. The van der Waals surface area contributed by atoms with E-state index in [9.17, 15) is 14.9 Å². The Kier molecular flexibility index (Phi) is 7.70. The lowest BCUT2D eigenvalue weighted by Crippen LogP contribution is -2.35. The summed E-state index contributed by atoms with van der Waals surface area (Å²) in [7, 11) is 1.58. The van der Waals surface area contributed by atoms with E-state index in [2.05, 4.69) is 21.4 Å². The molecule has 0 unspecified atom stereocenters. The molecular formula is C25H22BrN3O4. The van der Waals surface area contributed by atoms with Gasteiger partial charge in [-0.1, -0.05) is 22.0 Å². The molecule has 1 aromatic heterocycles. The van der Waals surface area contributed by atoms with E-state index in [1.165, 1.54) is 6.08 Å². The Morgan fingerprint density at radius 2 is 1.91 bits per heavy atom. The second-order valence-corrected chi connectivity index (χ2v) is 8.14. The van der Waals surface area contributed by atoms with Gasteiger partial charge in [0.2, 0.25) is 0 Å². The van der Waals surface area contributed by atoms with E-state index in [0.717, 1.165) is 26.0 Å².